The molecule has 9 nitrogen and oxygen atoms in total. The second-order valence-corrected chi connectivity index (χ2v) is 14.4. The highest BCUT2D eigenvalue weighted by atomic mass is 35.5. The van der Waals surface area contributed by atoms with Crippen molar-refractivity contribution in [3.8, 4) is 33.4 Å². The summed E-state index contributed by atoms with van der Waals surface area (Å²) in [4.78, 5) is 41.0. The summed E-state index contributed by atoms with van der Waals surface area (Å²) in [7, 11) is 0. The first-order chi connectivity index (χ1) is 24.8. The number of rotatable bonds is 10. The molecule has 0 saturated carbocycles. The Kier molecular flexibility index (Phi) is 9.19. The predicted octanol–water partition coefficient (Wildman–Crippen LogP) is 5.88. The number of nitrogens with zero attached hydrogens (tertiary/aromatic N) is 2. The Bertz CT molecular complexity index is 2230. The summed E-state index contributed by atoms with van der Waals surface area (Å²) in [5, 5.41) is 13.7. The fraction of sp³-hybridized carbons (Fsp3) is 0.317. The van der Waals surface area contributed by atoms with Gasteiger partial charge in [0, 0.05) is 79.7 Å². The number of hydrogen-bond acceptors (Lipinski definition) is 6. The Hall–Kier alpha value is -4.83. The molecule has 0 radical (unpaired) electrons. The molecule has 3 aliphatic rings. The maximum Gasteiger partial charge on any atom is 0.262 e. The summed E-state index contributed by atoms with van der Waals surface area (Å²) < 4.78 is 1.58. The molecule has 4 heterocycles. The summed E-state index contributed by atoms with van der Waals surface area (Å²) in [6, 6.07) is 23.7. The van der Waals surface area contributed by atoms with Gasteiger partial charge in [0.1, 0.15) is 5.65 Å². The molecule has 3 aromatic carbocycles. The van der Waals surface area contributed by atoms with Crippen molar-refractivity contribution in [3.05, 3.63) is 117 Å². The summed E-state index contributed by atoms with van der Waals surface area (Å²) in [6.45, 7) is 3.90. The van der Waals surface area contributed by atoms with Crippen LogP contribution in [0.25, 0.3) is 39.0 Å². The van der Waals surface area contributed by atoms with Crippen molar-refractivity contribution in [2.75, 3.05) is 13.1 Å². The van der Waals surface area contributed by atoms with Crippen LogP contribution in [-0.2, 0) is 22.6 Å². The van der Waals surface area contributed by atoms with E-state index < -0.39 is 0 Å². The van der Waals surface area contributed by atoms with Gasteiger partial charge in [-0.2, -0.15) is 0 Å². The van der Waals surface area contributed by atoms with Gasteiger partial charge >= 0.3 is 0 Å². The van der Waals surface area contributed by atoms with Crippen LogP contribution in [0.4, 0.5) is 0 Å². The first-order valence-corrected chi connectivity index (χ1v) is 18.3. The lowest BCUT2D eigenvalue weighted by Gasteiger charge is -2.18. The molecule has 2 aliphatic heterocycles. The summed E-state index contributed by atoms with van der Waals surface area (Å²) in [5.41, 5.74) is 10.9. The number of pyridine rings is 1. The quantitative estimate of drug-likeness (QED) is 0.145. The highest BCUT2D eigenvalue weighted by Crippen LogP contribution is 2.41. The van der Waals surface area contributed by atoms with Gasteiger partial charge in [0.05, 0.1) is 5.02 Å². The average molecular weight is 701 g/mol. The lowest BCUT2D eigenvalue weighted by atomic mass is 9.91. The van der Waals surface area contributed by atoms with Crippen LogP contribution < -0.4 is 26.8 Å². The first kappa shape index (κ1) is 33.3. The third-order valence-corrected chi connectivity index (χ3v) is 11.1. The topological polar surface area (TPSA) is 117 Å². The maximum absolute atomic E-state index is 13.3. The van der Waals surface area contributed by atoms with E-state index in [0.29, 0.717) is 48.2 Å². The minimum absolute atomic E-state index is 0.0780. The van der Waals surface area contributed by atoms with Gasteiger partial charge in [0.15, 0.2) is 0 Å². The minimum Gasteiger partial charge on any atom is -0.352 e. The van der Waals surface area contributed by atoms with Crippen LogP contribution in [0.2, 0.25) is 5.02 Å². The Morgan fingerprint density at radius 3 is 2.27 bits per heavy atom. The predicted molar refractivity (Wildman–Crippen MR) is 201 cm³/mol. The van der Waals surface area contributed by atoms with E-state index in [0.717, 1.165) is 71.2 Å². The minimum atomic E-state index is -0.110. The van der Waals surface area contributed by atoms with Gasteiger partial charge in [0.25, 0.3) is 5.56 Å². The number of fused-ring (bicyclic) bond motifs is 2. The van der Waals surface area contributed by atoms with Crippen molar-refractivity contribution in [2.45, 2.75) is 70.1 Å². The lowest BCUT2D eigenvalue weighted by Crippen LogP contribution is -2.36. The van der Waals surface area contributed by atoms with Crippen molar-refractivity contribution in [1.29, 1.82) is 0 Å². The van der Waals surface area contributed by atoms with Crippen LogP contribution in [-0.4, -0.2) is 46.4 Å². The van der Waals surface area contributed by atoms with Crippen molar-refractivity contribution in [1.82, 2.24) is 30.7 Å². The number of carbonyl (C=O) groups is 2. The zero-order valence-electron chi connectivity index (χ0n) is 28.6. The molecule has 0 bridgehead atoms. The molecule has 8 rings (SSSR count). The molecule has 2 fully saturated rings. The smallest absolute Gasteiger partial charge is 0.262 e. The maximum atomic E-state index is 13.3. The number of aryl methyl sites for hydroxylation is 1. The number of halogens is 1. The van der Waals surface area contributed by atoms with Gasteiger partial charge in [-0.3, -0.25) is 18.8 Å². The van der Waals surface area contributed by atoms with E-state index in [4.69, 9.17) is 11.6 Å². The zero-order valence-corrected chi connectivity index (χ0v) is 29.4. The molecular formula is C41H41ClN6O3. The number of hydrogen-bond donors (Lipinski definition) is 4. The number of carbonyl (C=O) groups excluding carboxylic acids is 2. The van der Waals surface area contributed by atoms with E-state index in [1.54, 1.807) is 16.8 Å². The molecule has 0 spiro atoms. The molecule has 10 heteroatoms. The van der Waals surface area contributed by atoms with Crippen LogP contribution in [0.3, 0.4) is 0 Å². The van der Waals surface area contributed by atoms with E-state index in [-0.39, 0.29) is 29.5 Å². The van der Waals surface area contributed by atoms with E-state index in [9.17, 15) is 14.4 Å². The molecular weight excluding hydrogens is 660 g/mol. The lowest BCUT2D eigenvalue weighted by molar-refractivity contribution is -0.120. The van der Waals surface area contributed by atoms with E-state index in [1.165, 1.54) is 11.1 Å². The molecule has 1 aliphatic carbocycles. The number of benzene rings is 3. The van der Waals surface area contributed by atoms with Gasteiger partial charge in [-0.15, -0.1) is 0 Å². The Labute approximate surface area is 301 Å². The van der Waals surface area contributed by atoms with E-state index >= 15 is 0 Å². The standard InChI is InChI=1S/C41H41ClN6O3/c1-24-31(27-16-17-48-37(19-27)45-21-28(41(48)51)20-43-22-29-10-14-38(49)46-29)4-2-5-32(24)35-7-3-6-34(40(35)42)26-8-12-33-25(18-26)9-13-36(33)44-23-30-11-15-39(50)47-30/h2-8,12,16-19,21,29-30,36,43-44H,9-11,13-15,20,22-23H2,1H3,(H,46,49)(H,47,50)/t29-,30+,36+/m1/s1. The van der Waals surface area contributed by atoms with Crippen LogP contribution >= 0.6 is 11.6 Å². The fourth-order valence-electron chi connectivity index (χ4n) is 7.93. The molecule has 2 aromatic heterocycles. The van der Waals surface area contributed by atoms with Crippen molar-refractivity contribution in [3.63, 3.8) is 0 Å². The molecule has 0 unspecified atom stereocenters. The van der Waals surface area contributed by atoms with E-state index in [2.05, 4.69) is 81.7 Å². The number of nitrogens with one attached hydrogen (secondary N) is 4. The van der Waals surface area contributed by atoms with Gasteiger partial charge in [-0.05, 0) is 83.7 Å². The van der Waals surface area contributed by atoms with Gasteiger partial charge in [0.2, 0.25) is 11.8 Å². The van der Waals surface area contributed by atoms with Crippen LogP contribution in [0.1, 0.15) is 60.4 Å². The fourth-order valence-corrected chi connectivity index (χ4v) is 8.27. The van der Waals surface area contributed by atoms with Gasteiger partial charge in [-0.25, -0.2) is 4.98 Å². The number of aromatic nitrogens is 2. The first-order valence-electron chi connectivity index (χ1n) is 17.9. The van der Waals surface area contributed by atoms with Crippen molar-refractivity contribution >= 4 is 29.1 Å². The van der Waals surface area contributed by atoms with Crippen molar-refractivity contribution in [2.24, 2.45) is 0 Å². The van der Waals surface area contributed by atoms with Crippen LogP contribution in [0.5, 0.6) is 0 Å². The molecule has 260 valence electrons. The molecule has 51 heavy (non-hydrogen) atoms. The third-order valence-electron chi connectivity index (χ3n) is 10.7. The average Bonchev–Trinajstić information content (AvgIpc) is 3.87. The summed E-state index contributed by atoms with van der Waals surface area (Å²) in [6.07, 6.45) is 8.35. The Morgan fingerprint density at radius 2 is 1.51 bits per heavy atom. The molecule has 2 saturated heterocycles. The van der Waals surface area contributed by atoms with Crippen molar-refractivity contribution < 1.29 is 9.59 Å². The second kappa shape index (κ2) is 14.1. The molecule has 4 N–H and O–H groups in total. The Morgan fingerprint density at radius 1 is 0.804 bits per heavy atom. The largest absolute Gasteiger partial charge is 0.352 e. The van der Waals surface area contributed by atoms with Crippen LogP contribution in [0.15, 0.2) is 83.9 Å². The summed E-state index contributed by atoms with van der Waals surface area (Å²) >= 11 is 7.23. The van der Waals surface area contributed by atoms with Gasteiger partial charge in [-0.1, -0.05) is 66.2 Å². The second-order valence-electron chi connectivity index (χ2n) is 14.0. The molecule has 2 amide bonds. The number of amides is 2. The SMILES string of the molecule is Cc1c(-c2ccn3c(=O)c(CNC[C@H]4CCC(=O)N4)cnc3c2)cccc1-c1cccc(-c2ccc3c(c2)CC[C@@H]3NC[C@@H]2CCC(=O)N2)c1Cl. The normalized spacial score (nSPS) is 19.8. The Balaban J connectivity index is 1.01. The highest BCUT2D eigenvalue weighted by Gasteiger charge is 2.26. The third kappa shape index (κ3) is 6.69. The van der Waals surface area contributed by atoms with Crippen LogP contribution in [0, 0.1) is 6.92 Å². The van der Waals surface area contributed by atoms with E-state index in [1.807, 2.05) is 18.2 Å². The molecule has 5 aromatic rings. The molecule has 3 atom stereocenters. The van der Waals surface area contributed by atoms with Gasteiger partial charge < -0.3 is 21.3 Å². The highest BCUT2D eigenvalue weighted by molar-refractivity contribution is 6.36. The zero-order chi connectivity index (χ0) is 35.1. The summed E-state index contributed by atoms with van der Waals surface area (Å²) in [5.74, 6) is 0.227. The monoisotopic (exact) mass is 700 g/mol.